The van der Waals surface area contributed by atoms with Crippen LogP contribution in [-0.2, 0) is 0 Å². The van der Waals surface area contributed by atoms with Gasteiger partial charge in [-0.2, -0.15) is 5.10 Å². The van der Waals surface area contributed by atoms with E-state index in [1.807, 2.05) is 12.4 Å². The summed E-state index contributed by atoms with van der Waals surface area (Å²) in [6.07, 6.45) is 7.85. The molecule has 78 valence electrons. The van der Waals surface area contributed by atoms with Gasteiger partial charge in [-0.25, -0.2) is 0 Å². The van der Waals surface area contributed by atoms with E-state index in [9.17, 15) is 0 Å². The van der Waals surface area contributed by atoms with Gasteiger partial charge in [-0.1, -0.05) is 20.3 Å². The highest BCUT2D eigenvalue weighted by atomic mass is 15.1. The molecule has 1 aromatic rings. The first-order valence-electron chi connectivity index (χ1n) is 5.52. The van der Waals surface area contributed by atoms with Gasteiger partial charge in [-0.3, -0.25) is 5.10 Å². The third kappa shape index (κ3) is 1.91. The predicted molar refractivity (Wildman–Crippen MR) is 58.2 cm³/mol. The monoisotopic (exact) mass is 193 g/mol. The Morgan fingerprint density at radius 2 is 2.07 bits per heavy atom. The number of nitrogens with one attached hydrogen (secondary N) is 2. The number of H-pyrrole nitrogens is 1. The fraction of sp³-hybridized carbons (Fsp3) is 0.727. The van der Waals surface area contributed by atoms with Crippen molar-refractivity contribution in [2.24, 2.45) is 11.8 Å². The van der Waals surface area contributed by atoms with E-state index in [1.165, 1.54) is 19.3 Å². The summed E-state index contributed by atoms with van der Waals surface area (Å²) in [4.78, 5) is 0. The molecule has 0 spiro atoms. The Hall–Kier alpha value is -0.990. The SMILES string of the molecule is CC1CCCC(C)C1Nc1cn[nH]c1. The second-order valence-corrected chi connectivity index (χ2v) is 4.54. The summed E-state index contributed by atoms with van der Waals surface area (Å²) in [5, 5.41) is 10.4. The van der Waals surface area contributed by atoms with Crippen molar-refractivity contribution >= 4 is 5.69 Å². The molecule has 14 heavy (non-hydrogen) atoms. The van der Waals surface area contributed by atoms with Gasteiger partial charge in [0.15, 0.2) is 0 Å². The summed E-state index contributed by atoms with van der Waals surface area (Å²) in [6.45, 7) is 4.68. The standard InChI is InChI=1S/C11H19N3/c1-8-4-3-5-9(2)11(8)14-10-6-12-13-7-10/h6-9,11,14H,3-5H2,1-2H3,(H,12,13). The topological polar surface area (TPSA) is 40.7 Å². The van der Waals surface area contributed by atoms with E-state index in [1.54, 1.807) is 0 Å². The van der Waals surface area contributed by atoms with Crippen molar-refractivity contribution in [1.82, 2.24) is 10.2 Å². The Morgan fingerprint density at radius 3 is 2.64 bits per heavy atom. The normalized spacial score (nSPS) is 32.9. The van der Waals surface area contributed by atoms with E-state index in [0.29, 0.717) is 6.04 Å². The van der Waals surface area contributed by atoms with Crippen LogP contribution in [0, 0.1) is 11.8 Å². The average molecular weight is 193 g/mol. The van der Waals surface area contributed by atoms with E-state index >= 15 is 0 Å². The van der Waals surface area contributed by atoms with Crippen molar-refractivity contribution in [2.45, 2.75) is 39.2 Å². The van der Waals surface area contributed by atoms with Crippen LogP contribution in [0.5, 0.6) is 0 Å². The maximum absolute atomic E-state index is 3.95. The number of rotatable bonds is 2. The van der Waals surface area contributed by atoms with Gasteiger partial charge in [0, 0.05) is 12.2 Å². The quantitative estimate of drug-likeness (QED) is 0.758. The van der Waals surface area contributed by atoms with Gasteiger partial charge in [0.05, 0.1) is 11.9 Å². The smallest absolute Gasteiger partial charge is 0.0726 e. The third-order valence-corrected chi connectivity index (χ3v) is 3.38. The van der Waals surface area contributed by atoms with Gasteiger partial charge in [-0.15, -0.1) is 0 Å². The summed E-state index contributed by atoms with van der Waals surface area (Å²) in [7, 11) is 0. The van der Waals surface area contributed by atoms with Crippen LogP contribution in [0.3, 0.4) is 0 Å². The number of anilines is 1. The second-order valence-electron chi connectivity index (χ2n) is 4.54. The molecule has 2 unspecified atom stereocenters. The second kappa shape index (κ2) is 4.03. The fourth-order valence-electron chi connectivity index (χ4n) is 2.49. The van der Waals surface area contributed by atoms with Crippen molar-refractivity contribution < 1.29 is 0 Å². The Bertz CT molecular complexity index is 258. The predicted octanol–water partition coefficient (Wildman–Crippen LogP) is 2.65. The first-order chi connectivity index (χ1) is 6.77. The van der Waals surface area contributed by atoms with Crippen LogP contribution in [0.2, 0.25) is 0 Å². The maximum Gasteiger partial charge on any atom is 0.0726 e. The molecule has 0 bridgehead atoms. The molecular weight excluding hydrogens is 174 g/mol. The highest BCUT2D eigenvalue weighted by Crippen LogP contribution is 2.30. The zero-order valence-electron chi connectivity index (χ0n) is 8.96. The first kappa shape index (κ1) is 9.56. The zero-order valence-corrected chi connectivity index (χ0v) is 8.96. The van der Waals surface area contributed by atoms with Crippen molar-refractivity contribution in [2.75, 3.05) is 5.32 Å². The van der Waals surface area contributed by atoms with Crippen molar-refractivity contribution in [3.63, 3.8) is 0 Å². The van der Waals surface area contributed by atoms with Crippen LogP contribution in [0.25, 0.3) is 0 Å². The van der Waals surface area contributed by atoms with E-state index in [-0.39, 0.29) is 0 Å². The van der Waals surface area contributed by atoms with Crippen molar-refractivity contribution in [1.29, 1.82) is 0 Å². The lowest BCUT2D eigenvalue weighted by molar-refractivity contribution is 0.268. The lowest BCUT2D eigenvalue weighted by atomic mass is 9.79. The van der Waals surface area contributed by atoms with E-state index in [4.69, 9.17) is 0 Å². The molecule has 0 amide bonds. The molecule has 1 fully saturated rings. The molecule has 0 radical (unpaired) electrons. The maximum atomic E-state index is 3.95. The van der Waals surface area contributed by atoms with E-state index in [0.717, 1.165) is 17.5 Å². The molecule has 0 aromatic carbocycles. The molecule has 1 aliphatic rings. The highest BCUT2D eigenvalue weighted by Gasteiger charge is 2.27. The van der Waals surface area contributed by atoms with Crippen molar-refractivity contribution in [3.05, 3.63) is 12.4 Å². The molecule has 0 saturated heterocycles. The summed E-state index contributed by atoms with van der Waals surface area (Å²) >= 11 is 0. The largest absolute Gasteiger partial charge is 0.379 e. The van der Waals surface area contributed by atoms with Gasteiger partial charge in [0.2, 0.25) is 0 Å². The lowest BCUT2D eigenvalue weighted by Gasteiger charge is -2.35. The molecule has 1 heterocycles. The van der Waals surface area contributed by atoms with E-state index < -0.39 is 0 Å². The minimum absolute atomic E-state index is 0.612. The molecule has 1 saturated carbocycles. The number of nitrogens with zero attached hydrogens (tertiary/aromatic N) is 1. The molecule has 2 rings (SSSR count). The molecule has 0 aliphatic heterocycles. The molecule has 3 nitrogen and oxygen atoms in total. The van der Waals surface area contributed by atoms with Crippen LogP contribution in [0.15, 0.2) is 12.4 Å². The number of aromatic nitrogens is 2. The number of hydrogen-bond acceptors (Lipinski definition) is 2. The summed E-state index contributed by atoms with van der Waals surface area (Å²) in [6, 6.07) is 0.612. The molecule has 1 aliphatic carbocycles. The van der Waals surface area contributed by atoms with E-state index in [2.05, 4.69) is 29.4 Å². The molecular formula is C11H19N3. The van der Waals surface area contributed by atoms with Gasteiger partial charge in [-0.05, 0) is 24.7 Å². The van der Waals surface area contributed by atoms with Crippen LogP contribution < -0.4 is 5.32 Å². The first-order valence-corrected chi connectivity index (χ1v) is 5.52. The summed E-state index contributed by atoms with van der Waals surface area (Å²) in [5.74, 6) is 1.54. The summed E-state index contributed by atoms with van der Waals surface area (Å²) < 4.78 is 0. The zero-order chi connectivity index (χ0) is 9.97. The molecule has 3 heteroatoms. The molecule has 1 aromatic heterocycles. The Kier molecular flexibility index (Phi) is 2.75. The van der Waals surface area contributed by atoms with Crippen LogP contribution in [-0.4, -0.2) is 16.2 Å². The minimum atomic E-state index is 0.612. The van der Waals surface area contributed by atoms with Gasteiger partial charge < -0.3 is 5.32 Å². The molecule has 2 N–H and O–H groups in total. The minimum Gasteiger partial charge on any atom is -0.379 e. The van der Waals surface area contributed by atoms with Crippen LogP contribution in [0.4, 0.5) is 5.69 Å². The highest BCUT2D eigenvalue weighted by molar-refractivity contribution is 5.39. The van der Waals surface area contributed by atoms with Gasteiger partial charge in [0.25, 0.3) is 0 Å². The Labute approximate surface area is 85.3 Å². The third-order valence-electron chi connectivity index (χ3n) is 3.38. The number of hydrogen-bond donors (Lipinski definition) is 2. The summed E-state index contributed by atoms with van der Waals surface area (Å²) in [5.41, 5.74) is 1.12. The lowest BCUT2D eigenvalue weighted by Crippen LogP contribution is -2.36. The van der Waals surface area contributed by atoms with Gasteiger partial charge >= 0.3 is 0 Å². The van der Waals surface area contributed by atoms with Crippen LogP contribution in [0.1, 0.15) is 33.1 Å². The van der Waals surface area contributed by atoms with Gasteiger partial charge in [0.1, 0.15) is 0 Å². The van der Waals surface area contributed by atoms with Crippen molar-refractivity contribution in [3.8, 4) is 0 Å². The fourth-order valence-corrected chi connectivity index (χ4v) is 2.49. The number of aromatic amines is 1. The Balaban J connectivity index is 2.01. The molecule has 2 atom stereocenters. The Morgan fingerprint density at radius 1 is 1.36 bits per heavy atom. The average Bonchev–Trinajstić information content (AvgIpc) is 2.64. The van der Waals surface area contributed by atoms with Crippen LogP contribution >= 0.6 is 0 Å².